The normalized spacial score (nSPS) is 9.80. The van der Waals surface area contributed by atoms with Gasteiger partial charge in [0.05, 0.1) is 6.10 Å². The van der Waals surface area contributed by atoms with Crippen LogP contribution < -0.4 is 5.32 Å². The van der Waals surface area contributed by atoms with E-state index in [2.05, 4.69) is 15.3 Å². The fraction of sp³-hybridized carbons (Fsp3) is 0.889. The molecule has 0 saturated carbocycles. The lowest BCUT2D eigenvalue weighted by molar-refractivity contribution is -0.127. The third kappa shape index (κ3) is 10.7. The van der Waals surface area contributed by atoms with Crippen LogP contribution in [0.25, 0.3) is 10.4 Å². The Labute approximate surface area is 89.6 Å². The van der Waals surface area contributed by atoms with Crippen LogP contribution in [0.15, 0.2) is 5.11 Å². The molecule has 0 aliphatic rings. The van der Waals surface area contributed by atoms with Crippen molar-refractivity contribution in [2.45, 2.75) is 32.8 Å². The van der Waals surface area contributed by atoms with Crippen LogP contribution in [0.5, 0.6) is 0 Å². The van der Waals surface area contributed by atoms with Gasteiger partial charge in [-0.25, -0.2) is 0 Å². The molecule has 0 radical (unpaired) electrons. The summed E-state index contributed by atoms with van der Waals surface area (Å²) in [5.74, 6) is -0.104. The van der Waals surface area contributed by atoms with Crippen LogP contribution in [0.4, 0.5) is 0 Å². The zero-order valence-electron chi connectivity index (χ0n) is 9.27. The van der Waals surface area contributed by atoms with E-state index >= 15 is 0 Å². The maximum Gasteiger partial charge on any atom is 0.246 e. The van der Waals surface area contributed by atoms with Crippen molar-refractivity contribution in [1.29, 1.82) is 0 Å². The number of azide groups is 1. The van der Waals surface area contributed by atoms with E-state index in [9.17, 15) is 4.79 Å². The molecule has 0 unspecified atom stereocenters. The number of rotatable bonds is 8. The van der Waals surface area contributed by atoms with Crippen LogP contribution in [0, 0.1) is 0 Å². The second-order valence-corrected chi connectivity index (χ2v) is 3.37. The van der Waals surface area contributed by atoms with Gasteiger partial charge in [0.25, 0.3) is 0 Å². The average molecular weight is 214 g/mol. The van der Waals surface area contributed by atoms with Crippen molar-refractivity contribution < 1.29 is 9.53 Å². The summed E-state index contributed by atoms with van der Waals surface area (Å²) in [5.41, 5.74) is 8.01. The summed E-state index contributed by atoms with van der Waals surface area (Å²) in [7, 11) is 0. The number of hydrogen-bond donors (Lipinski definition) is 1. The average Bonchev–Trinajstić information content (AvgIpc) is 2.20. The van der Waals surface area contributed by atoms with E-state index in [1.807, 2.05) is 13.8 Å². The molecule has 0 aliphatic carbocycles. The molecule has 0 spiro atoms. The maximum absolute atomic E-state index is 11.1. The Bertz CT molecular complexity index is 224. The Balaban J connectivity index is 3.27. The number of amides is 1. The molecule has 0 aliphatic heterocycles. The molecule has 6 nitrogen and oxygen atoms in total. The molecule has 0 bridgehead atoms. The van der Waals surface area contributed by atoms with Crippen LogP contribution in [-0.4, -0.2) is 31.7 Å². The van der Waals surface area contributed by atoms with E-state index in [0.717, 1.165) is 12.8 Å². The van der Waals surface area contributed by atoms with E-state index in [1.54, 1.807) is 0 Å². The van der Waals surface area contributed by atoms with Crippen LogP contribution in [0.1, 0.15) is 26.7 Å². The van der Waals surface area contributed by atoms with Gasteiger partial charge in [0.15, 0.2) is 0 Å². The van der Waals surface area contributed by atoms with Gasteiger partial charge < -0.3 is 10.1 Å². The van der Waals surface area contributed by atoms with Gasteiger partial charge in [-0.2, -0.15) is 0 Å². The number of ether oxygens (including phenoxy) is 1. The van der Waals surface area contributed by atoms with Crippen molar-refractivity contribution >= 4 is 5.91 Å². The highest BCUT2D eigenvalue weighted by molar-refractivity contribution is 5.77. The molecular formula is C9H18N4O2. The van der Waals surface area contributed by atoms with Gasteiger partial charge in [0, 0.05) is 18.0 Å². The number of carbonyl (C=O) groups excluding carboxylic acids is 1. The van der Waals surface area contributed by atoms with Gasteiger partial charge in [0.2, 0.25) is 5.91 Å². The zero-order valence-corrected chi connectivity index (χ0v) is 9.27. The summed E-state index contributed by atoms with van der Waals surface area (Å²) in [6, 6.07) is 0. The summed E-state index contributed by atoms with van der Waals surface area (Å²) >= 11 is 0. The number of hydrogen-bond acceptors (Lipinski definition) is 3. The molecule has 0 saturated heterocycles. The third-order valence-corrected chi connectivity index (χ3v) is 1.62. The largest absolute Gasteiger partial charge is 0.369 e. The molecule has 1 amide bonds. The molecule has 0 fully saturated rings. The van der Waals surface area contributed by atoms with Crippen LogP contribution in [0.2, 0.25) is 0 Å². The van der Waals surface area contributed by atoms with Crippen LogP contribution in [0.3, 0.4) is 0 Å². The minimum Gasteiger partial charge on any atom is -0.369 e. The lowest BCUT2D eigenvalue weighted by Gasteiger charge is -2.07. The third-order valence-electron chi connectivity index (χ3n) is 1.62. The summed E-state index contributed by atoms with van der Waals surface area (Å²) in [6.45, 7) is 4.95. The number of carbonyl (C=O) groups is 1. The number of nitrogens with one attached hydrogen (secondary N) is 1. The van der Waals surface area contributed by atoms with Crippen LogP contribution in [-0.2, 0) is 9.53 Å². The van der Waals surface area contributed by atoms with Crippen molar-refractivity contribution in [2.75, 3.05) is 19.7 Å². The highest BCUT2D eigenvalue weighted by Crippen LogP contribution is 1.89. The Kier molecular flexibility index (Phi) is 8.52. The summed E-state index contributed by atoms with van der Waals surface area (Å²) in [6.07, 6.45) is 1.67. The monoisotopic (exact) mass is 214 g/mol. The lowest BCUT2D eigenvalue weighted by atomic mass is 10.3. The van der Waals surface area contributed by atoms with Crippen molar-refractivity contribution in [3.05, 3.63) is 10.4 Å². The molecule has 86 valence electrons. The van der Waals surface area contributed by atoms with Gasteiger partial charge in [-0.3, -0.25) is 4.79 Å². The molecular weight excluding hydrogens is 196 g/mol. The van der Waals surface area contributed by atoms with Gasteiger partial charge in [0.1, 0.15) is 6.61 Å². The van der Waals surface area contributed by atoms with E-state index < -0.39 is 0 Å². The zero-order chi connectivity index (χ0) is 11.5. The first-order valence-electron chi connectivity index (χ1n) is 5.06. The molecule has 0 aromatic rings. The van der Waals surface area contributed by atoms with Crippen molar-refractivity contribution in [1.82, 2.24) is 5.32 Å². The Hall–Kier alpha value is -1.26. The SMILES string of the molecule is CC(C)OCC(=O)NCCCCN=[N+]=[N-]. The topological polar surface area (TPSA) is 87.1 Å². The summed E-state index contributed by atoms with van der Waals surface area (Å²) in [5, 5.41) is 6.11. The molecule has 0 rings (SSSR count). The minimum absolute atomic E-state index is 0.0701. The Morgan fingerprint density at radius 1 is 1.53 bits per heavy atom. The fourth-order valence-corrected chi connectivity index (χ4v) is 0.873. The smallest absolute Gasteiger partial charge is 0.246 e. The van der Waals surface area contributed by atoms with Gasteiger partial charge in [-0.05, 0) is 32.2 Å². The van der Waals surface area contributed by atoms with Gasteiger partial charge in [-0.1, -0.05) is 5.11 Å². The van der Waals surface area contributed by atoms with Crippen molar-refractivity contribution in [2.24, 2.45) is 5.11 Å². The predicted molar refractivity (Wildman–Crippen MR) is 57.3 cm³/mol. The minimum atomic E-state index is -0.104. The molecule has 6 heteroatoms. The predicted octanol–water partition coefficient (Wildman–Crippen LogP) is 1.62. The summed E-state index contributed by atoms with van der Waals surface area (Å²) < 4.78 is 5.12. The molecule has 0 aromatic heterocycles. The first kappa shape index (κ1) is 13.7. The number of unbranched alkanes of at least 4 members (excludes halogenated alkanes) is 1. The van der Waals surface area contributed by atoms with E-state index in [0.29, 0.717) is 13.1 Å². The van der Waals surface area contributed by atoms with Crippen molar-refractivity contribution in [3.63, 3.8) is 0 Å². The standard InChI is InChI=1S/C9H18N4O2/c1-8(2)15-7-9(14)11-5-3-4-6-12-13-10/h8H,3-7H2,1-2H3,(H,11,14). The van der Waals surface area contributed by atoms with E-state index in [1.165, 1.54) is 0 Å². The lowest BCUT2D eigenvalue weighted by Crippen LogP contribution is -2.29. The highest BCUT2D eigenvalue weighted by Gasteiger charge is 2.01. The quantitative estimate of drug-likeness (QED) is 0.288. The molecule has 15 heavy (non-hydrogen) atoms. The van der Waals surface area contributed by atoms with Gasteiger partial charge in [-0.15, -0.1) is 0 Å². The molecule has 1 N–H and O–H groups in total. The van der Waals surface area contributed by atoms with E-state index in [-0.39, 0.29) is 18.6 Å². The fourth-order valence-electron chi connectivity index (χ4n) is 0.873. The second-order valence-electron chi connectivity index (χ2n) is 3.37. The Morgan fingerprint density at radius 3 is 2.87 bits per heavy atom. The highest BCUT2D eigenvalue weighted by atomic mass is 16.5. The van der Waals surface area contributed by atoms with E-state index in [4.69, 9.17) is 10.3 Å². The van der Waals surface area contributed by atoms with Gasteiger partial charge >= 0.3 is 0 Å². The molecule has 0 heterocycles. The first-order valence-corrected chi connectivity index (χ1v) is 5.06. The molecule has 0 atom stereocenters. The second kappa shape index (κ2) is 9.30. The molecule has 0 aromatic carbocycles. The Morgan fingerprint density at radius 2 is 2.27 bits per heavy atom. The van der Waals surface area contributed by atoms with Crippen molar-refractivity contribution in [3.8, 4) is 0 Å². The number of nitrogens with zero attached hydrogens (tertiary/aromatic N) is 3. The van der Waals surface area contributed by atoms with Crippen LogP contribution >= 0.6 is 0 Å². The summed E-state index contributed by atoms with van der Waals surface area (Å²) in [4.78, 5) is 13.8. The first-order chi connectivity index (χ1) is 7.16. The maximum atomic E-state index is 11.1.